The van der Waals surface area contributed by atoms with E-state index in [4.69, 9.17) is 4.74 Å². The number of ether oxygens (including phenoxy) is 1. The molecule has 164 valence electrons. The van der Waals surface area contributed by atoms with Gasteiger partial charge in [0.1, 0.15) is 5.60 Å². The molecule has 7 heteroatoms. The lowest BCUT2D eigenvalue weighted by Crippen LogP contribution is -2.48. The van der Waals surface area contributed by atoms with Gasteiger partial charge in [-0.1, -0.05) is 12.1 Å². The molecule has 2 heterocycles. The van der Waals surface area contributed by atoms with Crippen molar-refractivity contribution in [1.29, 1.82) is 0 Å². The van der Waals surface area contributed by atoms with Crippen LogP contribution in [0, 0.1) is 5.92 Å². The van der Waals surface area contributed by atoms with E-state index in [2.05, 4.69) is 16.4 Å². The number of likely N-dealkylation sites (tertiary alicyclic amines) is 1. The molecule has 1 aliphatic rings. The van der Waals surface area contributed by atoms with E-state index in [1.54, 1.807) is 11.3 Å². The maximum absolute atomic E-state index is 12.7. The minimum absolute atomic E-state index is 0.0294. The zero-order chi connectivity index (χ0) is 21.7. The number of amides is 2. The van der Waals surface area contributed by atoms with E-state index < -0.39 is 11.7 Å². The van der Waals surface area contributed by atoms with Crippen molar-refractivity contribution >= 4 is 33.6 Å². The molecule has 6 nitrogen and oxygen atoms in total. The fourth-order valence-corrected chi connectivity index (χ4v) is 4.84. The van der Waals surface area contributed by atoms with Gasteiger partial charge in [0.2, 0.25) is 5.91 Å². The van der Waals surface area contributed by atoms with Crippen molar-refractivity contribution in [2.24, 2.45) is 5.92 Å². The maximum Gasteiger partial charge on any atom is 0.407 e. The second-order valence-corrected chi connectivity index (χ2v) is 10.2. The first-order valence-electron chi connectivity index (χ1n) is 10.8. The van der Waals surface area contributed by atoms with Crippen LogP contribution >= 0.6 is 11.3 Å². The van der Waals surface area contributed by atoms with Gasteiger partial charge in [0, 0.05) is 25.6 Å². The average molecular weight is 432 g/mol. The molecule has 0 radical (unpaired) electrons. The molecule has 2 atom stereocenters. The van der Waals surface area contributed by atoms with Crippen molar-refractivity contribution in [2.45, 2.75) is 71.4 Å². The number of piperidine rings is 1. The van der Waals surface area contributed by atoms with Gasteiger partial charge in [-0.25, -0.2) is 9.78 Å². The van der Waals surface area contributed by atoms with E-state index >= 15 is 0 Å². The topological polar surface area (TPSA) is 71.5 Å². The molecule has 0 spiro atoms. The molecule has 2 aromatic rings. The van der Waals surface area contributed by atoms with Crippen molar-refractivity contribution < 1.29 is 14.3 Å². The number of nitrogens with one attached hydrogen (secondary N) is 1. The van der Waals surface area contributed by atoms with Gasteiger partial charge in [0.15, 0.2) is 0 Å². The lowest BCUT2D eigenvalue weighted by molar-refractivity contribution is -0.133. The molecular formula is C23H33N3O3S. The second kappa shape index (κ2) is 9.77. The predicted molar refractivity (Wildman–Crippen MR) is 121 cm³/mol. The second-order valence-electron chi connectivity index (χ2n) is 9.11. The number of carbonyl (C=O) groups is 2. The number of aromatic nitrogens is 1. The first kappa shape index (κ1) is 22.5. The number of hydrogen-bond acceptors (Lipinski definition) is 5. The minimum Gasteiger partial charge on any atom is -0.444 e. The monoisotopic (exact) mass is 431 g/mol. The van der Waals surface area contributed by atoms with Gasteiger partial charge in [-0.15, -0.1) is 11.3 Å². The first-order chi connectivity index (χ1) is 14.2. The Bertz CT molecular complexity index is 841. The summed E-state index contributed by atoms with van der Waals surface area (Å²) < 4.78 is 6.55. The number of aryl methyl sites for hydroxylation is 1. The molecule has 0 saturated carbocycles. The van der Waals surface area contributed by atoms with Crippen LogP contribution in [0.3, 0.4) is 0 Å². The zero-order valence-electron chi connectivity index (χ0n) is 18.4. The fraction of sp³-hybridized carbons (Fsp3) is 0.609. The van der Waals surface area contributed by atoms with Gasteiger partial charge in [-0.05, 0) is 71.4 Å². The van der Waals surface area contributed by atoms with Crippen LogP contribution in [0.4, 0.5) is 4.79 Å². The highest BCUT2D eigenvalue weighted by molar-refractivity contribution is 7.18. The number of rotatable bonds is 6. The van der Waals surface area contributed by atoms with Gasteiger partial charge in [-0.2, -0.15) is 0 Å². The number of carbonyl (C=O) groups excluding carboxylic acids is 2. The van der Waals surface area contributed by atoms with Crippen molar-refractivity contribution in [1.82, 2.24) is 15.2 Å². The summed E-state index contributed by atoms with van der Waals surface area (Å²) in [5, 5.41) is 4.03. The normalized spacial score (nSPS) is 18.3. The third-order valence-electron chi connectivity index (χ3n) is 5.38. The summed E-state index contributed by atoms with van der Waals surface area (Å²) in [5.41, 5.74) is 0.524. The average Bonchev–Trinajstić information content (AvgIpc) is 3.09. The summed E-state index contributed by atoms with van der Waals surface area (Å²) in [7, 11) is 0. The highest BCUT2D eigenvalue weighted by Crippen LogP contribution is 2.24. The van der Waals surface area contributed by atoms with Crippen molar-refractivity contribution in [2.75, 3.05) is 13.1 Å². The molecule has 1 aromatic heterocycles. The molecule has 1 saturated heterocycles. The molecule has 0 aliphatic carbocycles. The lowest BCUT2D eigenvalue weighted by atomic mass is 9.91. The van der Waals surface area contributed by atoms with E-state index in [0.29, 0.717) is 13.0 Å². The number of alkyl carbamates (subject to hydrolysis) is 1. The number of fused-ring (bicyclic) bond motifs is 1. The van der Waals surface area contributed by atoms with E-state index in [1.165, 1.54) is 4.70 Å². The summed E-state index contributed by atoms with van der Waals surface area (Å²) in [5.74, 6) is 0.449. The molecule has 3 rings (SSSR count). The van der Waals surface area contributed by atoms with Crippen LogP contribution in [0.15, 0.2) is 24.3 Å². The third-order valence-corrected chi connectivity index (χ3v) is 6.48. The van der Waals surface area contributed by atoms with Gasteiger partial charge < -0.3 is 15.0 Å². The highest BCUT2D eigenvalue weighted by Gasteiger charge is 2.29. The van der Waals surface area contributed by atoms with Crippen LogP contribution in [-0.4, -0.2) is 46.6 Å². The number of nitrogens with zero attached hydrogens (tertiary/aromatic N) is 2. The Morgan fingerprint density at radius 1 is 1.33 bits per heavy atom. The smallest absolute Gasteiger partial charge is 0.407 e. The SMILES string of the molecule is C[C@H](NC(=O)OC(C)(C)C)[C@H]1CCCN(C(=O)CCCc2nc3ccccc3s2)C1. The highest BCUT2D eigenvalue weighted by atomic mass is 32.1. The van der Waals surface area contributed by atoms with E-state index in [9.17, 15) is 9.59 Å². The summed E-state index contributed by atoms with van der Waals surface area (Å²) in [6.07, 6.45) is 3.76. The molecule has 1 N–H and O–H groups in total. The van der Waals surface area contributed by atoms with Crippen LogP contribution < -0.4 is 5.32 Å². The number of benzene rings is 1. The fourth-order valence-electron chi connectivity index (χ4n) is 3.83. The van der Waals surface area contributed by atoms with Gasteiger partial charge in [-0.3, -0.25) is 4.79 Å². The summed E-state index contributed by atoms with van der Waals surface area (Å²) in [6.45, 7) is 9.05. The van der Waals surface area contributed by atoms with Crippen LogP contribution in [-0.2, 0) is 16.0 Å². The first-order valence-corrected chi connectivity index (χ1v) is 11.6. The largest absolute Gasteiger partial charge is 0.444 e. The molecule has 30 heavy (non-hydrogen) atoms. The Hall–Kier alpha value is -2.15. The Balaban J connectivity index is 1.44. The van der Waals surface area contributed by atoms with Crippen molar-refractivity contribution in [3.63, 3.8) is 0 Å². The Morgan fingerprint density at radius 3 is 2.83 bits per heavy atom. The maximum atomic E-state index is 12.7. The summed E-state index contributed by atoms with van der Waals surface area (Å²) in [4.78, 5) is 31.4. The quantitative estimate of drug-likeness (QED) is 0.715. The van der Waals surface area contributed by atoms with Gasteiger partial charge >= 0.3 is 6.09 Å². The predicted octanol–water partition coefficient (Wildman–Crippen LogP) is 4.77. The summed E-state index contributed by atoms with van der Waals surface area (Å²) in [6, 6.07) is 8.11. The molecule has 0 bridgehead atoms. The summed E-state index contributed by atoms with van der Waals surface area (Å²) >= 11 is 1.71. The number of thiazole rings is 1. The van der Waals surface area contributed by atoms with Crippen LogP contribution in [0.1, 0.15) is 58.4 Å². The number of para-hydroxylation sites is 1. The Kier molecular flexibility index (Phi) is 7.34. The number of hydrogen-bond donors (Lipinski definition) is 1. The van der Waals surface area contributed by atoms with E-state index in [0.717, 1.165) is 42.8 Å². The zero-order valence-corrected chi connectivity index (χ0v) is 19.3. The van der Waals surface area contributed by atoms with E-state index in [-0.39, 0.29) is 17.9 Å². The lowest BCUT2D eigenvalue weighted by Gasteiger charge is -2.36. The molecule has 1 aromatic carbocycles. The van der Waals surface area contributed by atoms with Crippen molar-refractivity contribution in [3.05, 3.63) is 29.3 Å². The van der Waals surface area contributed by atoms with Gasteiger partial charge in [0.25, 0.3) is 0 Å². The van der Waals surface area contributed by atoms with Crippen LogP contribution in [0.2, 0.25) is 0 Å². The van der Waals surface area contributed by atoms with Crippen LogP contribution in [0.25, 0.3) is 10.2 Å². The Labute approximate surface area is 183 Å². The molecular weight excluding hydrogens is 398 g/mol. The molecule has 2 amide bonds. The van der Waals surface area contributed by atoms with Crippen LogP contribution in [0.5, 0.6) is 0 Å². The standard InChI is InChI=1S/C23H33N3O3S/c1-16(24-22(28)29-23(2,3)4)17-9-8-14-26(15-17)21(27)13-7-12-20-25-18-10-5-6-11-19(18)30-20/h5-6,10-11,16-17H,7-9,12-15H2,1-4H3,(H,24,28)/t16-,17-/m0/s1. The third kappa shape index (κ3) is 6.42. The van der Waals surface area contributed by atoms with Crippen molar-refractivity contribution in [3.8, 4) is 0 Å². The minimum atomic E-state index is -0.512. The van der Waals surface area contributed by atoms with E-state index in [1.807, 2.05) is 50.8 Å². The molecule has 1 fully saturated rings. The van der Waals surface area contributed by atoms with Gasteiger partial charge in [0.05, 0.1) is 15.2 Å². The Morgan fingerprint density at radius 2 is 2.10 bits per heavy atom. The molecule has 0 unspecified atom stereocenters. The molecule has 1 aliphatic heterocycles.